The highest BCUT2D eigenvalue weighted by Gasteiger charge is 2.08. The maximum absolute atomic E-state index is 12.0. The van der Waals surface area contributed by atoms with Crippen LogP contribution in [0.5, 0.6) is 5.75 Å². The largest absolute Gasteiger partial charge is 0.493 e. The molecule has 0 saturated heterocycles. The van der Waals surface area contributed by atoms with E-state index in [1.54, 1.807) is 18.2 Å². The van der Waals surface area contributed by atoms with Gasteiger partial charge >= 0.3 is 0 Å². The van der Waals surface area contributed by atoms with Gasteiger partial charge in [-0.1, -0.05) is 19.9 Å². The van der Waals surface area contributed by atoms with E-state index in [9.17, 15) is 4.79 Å². The Morgan fingerprint density at radius 2 is 2.19 bits per heavy atom. The van der Waals surface area contributed by atoms with Gasteiger partial charge in [0.2, 0.25) is 0 Å². The Bertz CT molecular complexity index is 478. The molecule has 3 N–H and O–H groups in total. The van der Waals surface area contributed by atoms with Crippen molar-refractivity contribution in [2.45, 2.75) is 20.3 Å². The first kappa shape index (κ1) is 17.4. The van der Waals surface area contributed by atoms with Gasteiger partial charge in [0.15, 0.2) is 5.11 Å². The normalized spacial score (nSPS) is 10.3. The van der Waals surface area contributed by atoms with Gasteiger partial charge in [-0.05, 0) is 42.8 Å². The monoisotopic (exact) mass is 310 g/mol. The van der Waals surface area contributed by atoms with Crippen LogP contribution >= 0.6 is 12.2 Å². The number of thiocarbonyl (C=S) groups is 1. The Morgan fingerprint density at radius 1 is 1.43 bits per heavy atom. The molecule has 1 amide bonds. The van der Waals surface area contributed by atoms with Gasteiger partial charge in [-0.2, -0.15) is 0 Å². The summed E-state index contributed by atoms with van der Waals surface area (Å²) in [5, 5.41) is 14.4. The van der Waals surface area contributed by atoms with Gasteiger partial charge in [-0.15, -0.1) is 0 Å². The summed E-state index contributed by atoms with van der Waals surface area (Å²) in [6.07, 6.45) is 0.578. The molecule has 5 nitrogen and oxygen atoms in total. The quantitative estimate of drug-likeness (QED) is 0.528. The van der Waals surface area contributed by atoms with Crippen LogP contribution in [0.2, 0.25) is 0 Å². The summed E-state index contributed by atoms with van der Waals surface area (Å²) in [7, 11) is 0. The zero-order valence-corrected chi connectivity index (χ0v) is 13.2. The minimum Gasteiger partial charge on any atom is -0.493 e. The van der Waals surface area contributed by atoms with Crippen molar-refractivity contribution in [3.8, 4) is 5.75 Å². The van der Waals surface area contributed by atoms with Gasteiger partial charge in [0.1, 0.15) is 5.75 Å². The fraction of sp³-hybridized carbons (Fsp3) is 0.467. The smallest absolute Gasteiger partial charge is 0.257 e. The van der Waals surface area contributed by atoms with Crippen LogP contribution in [0.15, 0.2) is 24.3 Å². The summed E-state index contributed by atoms with van der Waals surface area (Å²) >= 11 is 5.01. The second-order valence-electron chi connectivity index (χ2n) is 5.02. The number of carbonyl (C=O) groups excluding carboxylic acids is 1. The number of ether oxygens (including phenoxy) is 1. The maximum atomic E-state index is 12.0. The number of hydrogen-bond acceptors (Lipinski definition) is 4. The van der Waals surface area contributed by atoms with E-state index in [1.807, 2.05) is 6.07 Å². The Labute approximate surface area is 130 Å². The van der Waals surface area contributed by atoms with Gasteiger partial charge < -0.3 is 15.2 Å². The van der Waals surface area contributed by atoms with Gasteiger partial charge in [-0.25, -0.2) is 0 Å². The summed E-state index contributed by atoms with van der Waals surface area (Å²) < 4.78 is 5.59. The van der Waals surface area contributed by atoms with Crippen molar-refractivity contribution >= 4 is 23.2 Å². The maximum Gasteiger partial charge on any atom is 0.257 e. The minimum atomic E-state index is -0.286. The fourth-order valence-electron chi connectivity index (χ4n) is 1.49. The van der Waals surface area contributed by atoms with Crippen molar-refractivity contribution in [2.75, 3.05) is 19.8 Å². The summed E-state index contributed by atoms with van der Waals surface area (Å²) in [5.41, 5.74) is 0.488. The Balaban J connectivity index is 2.53. The molecule has 0 bridgehead atoms. The molecule has 0 aliphatic rings. The molecule has 0 atom stereocenters. The molecule has 21 heavy (non-hydrogen) atoms. The molecule has 6 heteroatoms. The zero-order chi connectivity index (χ0) is 15.7. The first-order valence-corrected chi connectivity index (χ1v) is 7.36. The molecular formula is C15H22N2O3S. The van der Waals surface area contributed by atoms with E-state index >= 15 is 0 Å². The van der Waals surface area contributed by atoms with Crippen LogP contribution in [-0.4, -0.2) is 35.9 Å². The lowest BCUT2D eigenvalue weighted by Gasteiger charge is -2.11. The number of benzene rings is 1. The highest BCUT2D eigenvalue weighted by atomic mass is 32.1. The first-order valence-electron chi connectivity index (χ1n) is 6.96. The lowest BCUT2D eigenvalue weighted by atomic mass is 10.2. The van der Waals surface area contributed by atoms with Crippen LogP contribution in [0.25, 0.3) is 0 Å². The number of rotatable bonds is 7. The van der Waals surface area contributed by atoms with Gasteiger partial charge in [0.05, 0.1) is 6.61 Å². The molecular weight excluding hydrogens is 288 g/mol. The molecule has 0 unspecified atom stereocenters. The number of aliphatic hydroxyl groups is 1. The Morgan fingerprint density at radius 3 is 2.86 bits per heavy atom. The van der Waals surface area contributed by atoms with E-state index in [4.69, 9.17) is 22.1 Å². The van der Waals surface area contributed by atoms with Crippen molar-refractivity contribution in [1.29, 1.82) is 0 Å². The average molecular weight is 310 g/mol. The summed E-state index contributed by atoms with van der Waals surface area (Å²) in [6.45, 7) is 5.33. The zero-order valence-electron chi connectivity index (χ0n) is 12.4. The number of aliphatic hydroxyl groups excluding tert-OH is 1. The molecule has 1 rings (SSSR count). The number of amides is 1. The molecule has 0 fully saturated rings. The van der Waals surface area contributed by atoms with E-state index < -0.39 is 0 Å². The third-order valence-corrected chi connectivity index (χ3v) is 2.77. The molecule has 1 aromatic carbocycles. The van der Waals surface area contributed by atoms with E-state index in [0.717, 1.165) is 0 Å². The predicted molar refractivity (Wildman–Crippen MR) is 86.5 cm³/mol. The topological polar surface area (TPSA) is 70.6 Å². The summed E-state index contributed by atoms with van der Waals surface area (Å²) in [6, 6.07) is 6.98. The Kier molecular flexibility index (Phi) is 7.71. The average Bonchev–Trinajstić information content (AvgIpc) is 2.45. The van der Waals surface area contributed by atoms with Gasteiger partial charge in [0.25, 0.3) is 5.91 Å². The summed E-state index contributed by atoms with van der Waals surface area (Å²) in [4.78, 5) is 12.0. The van der Waals surface area contributed by atoms with Crippen molar-refractivity contribution in [2.24, 2.45) is 5.92 Å². The van der Waals surface area contributed by atoms with E-state index in [1.165, 1.54) is 0 Å². The van der Waals surface area contributed by atoms with Crippen LogP contribution in [-0.2, 0) is 0 Å². The second kappa shape index (κ2) is 9.31. The number of hydrogen-bond donors (Lipinski definition) is 3. The molecule has 0 aliphatic heterocycles. The number of carbonyl (C=O) groups is 1. The van der Waals surface area contributed by atoms with Crippen LogP contribution in [0.4, 0.5) is 0 Å². The molecule has 0 aliphatic carbocycles. The first-order chi connectivity index (χ1) is 10.0. The molecule has 0 spiro atoms. The predicted octanol–water partition coefficient (Wildman–Crippen LogP) is 1.71. The highest BCUT2D eigenvalue weighted by Crippen LogP contribution is 2.14. The molecule has 0 radical (unpaired) electrons. The summed E-state index contributed by atoms with van der Waals surface area (Å²) in [5.74, 6) is 0.799. The van der Waals surface area contributed by atoms with E-state index in [0.29, 0.717) is 36.8 Å². The van der Waals surface area contributed by atoms with Crippen LogP contribution < -0.4 is 15.4 Å². The SMILES string of the molecule is CC(C)COc1cccc(C(=O)NC(=S)NCCCO)c1. The van der Waals surface area contributed by atoms with Crippen LogP contribution in [0, 0.1) is 5.92 Å². The van der Waals surface area contributed by atoms with Crippen molar-refractivity contribution in [1.82, 2.24) is 10.6 Å². The lowest BCUT2D eigenvalue weighted by molar-refractivity contribution is 0.0976. The van der Waals surface area contributed by atoms with Gasteiger partial charge in [-0.3, -0.25) is 10.1 Å². The van der Waals surface area contributed by atoms with Crippen LogP contribution in [0.3, 0.4) is 0 Å². The van der Waals surface area contributed by atoms with Crippen molar-refractivity contribution < 1.29 is 14.6 Å². The minimum absolute atomic E-state index is 0.0821. The third-order valence-electron chi connectivity index (χ3n) is 2.53. The number of nitrogens with one attached hydrogen (secondary N) is 2. The van der Waals surface area contributed by atoms with Crippen molar-refractivity contribution in [3.05, 3.63) is 29.8 Å². The Hall–Kier alpha value is -1.66. The third kappa shape index (κ3) is 7.06. The van der Waals surface area contributed by atoms with Gasteiger partial charge in [0, 0.05) is 18.7 Å². The van der Waals surface area contributed by atoms with E-state index in [2.05, 4.69) is 24.5 Å². The standard InChI is InChI=1S/C15H22N2O3S/c1-11(2)10-20-13-6-3-5-12(9-13)14(19)17-15(21)16-7-4-8-18/h3,5-6,9,11,18H,4,7-8,10H2,1-2H3,(H2,16,17,19,21). The lowest BCUT2D eigenvalue weighted by Crippen LogP contribution is -2.39. The molecule has 116 valence electrons. The highest BCUT2D eigenvalue weighted by molar-refractivity contribution is 7.80. The molecule has 0 saturated carbocycles. The van der Waals surface area contributed by atoms with Crippen LogP contribution in [0.1, 0.15) is 30.6 Å². The molecule has 0 aromatic heterocycles. The molecule has 1 aromatic rings. The molecule has 0 heterocycles. The van der Waals surface area contributed by atoms with Crippen molar-refractivity contribution in [3.63, 3.8) is 0 Å². The second-order valence-corrected chi connectivity index (χ2v) is 5.43. The van der Waals surface area contributed by atoms with E-state index in [-0.39, 0.29) is 17.6 Å². The fourth-order valence-corrected chi connectivity index (χ4v) is 1.69.